The Kier molecular flexibility index (Phi) is 8.76. The second-order valence-corrected chi connectivity index (χ2v) is 13.4. The molecule has 4 aromatic rings. The Bertz CT molecular complexity index is 1920. The van der Waals surface area contributed by atoms with E-state index in [0.29, 0.717) is 35.7 Å². The number of benzene rings is 1. The molecule has 0 spiro atoms. The molecular weight excluding hydrogens is 639 g/mol. The Morgan fingerprint density at radius 2 is 1.86 bits per heavy atom. The summed E-state index contributed by atoms with van der Waals surface area (Å²) in [5.74, 6) is 0.415. The van der Waals surface area contributed by atoms with E-state index in [1.807, 2.05) is 44.7 Å². The molecule has 14 heteroatoms. The lowest BCUT2D eigenvalue weighted by Gasteiger charge is -2.44. The Hall–Kier alpha value is -5.14. The van der Waals surface area contributed by atoms with Crippen molar-refractivity contribution in [1.82, 2.24) is 29.2 Å². The fourth-order valence-corrected chi connectivity index (χ4v) is 5.84. The summed E-state index contributed by atoms with van der Waals surface area (Å²) < 4.78 is 57.1. The van der Waals surface area contributed by atoms with Gasteiger partial charge in [0.15, 0.2) is 11.5 Å². The van der Waals surface area contributed by atoms with Gasteiger partial charge in [-0.05, 0) is 76.1 Å². The third kappa shape index (κ3) is 7.18. The van der Waals surface area contributed by atoms with E-state index in [1.165, 1.54) is 10.9 Å². The van der Waals surface area contributed by atoms with Gasteiger partial charge >= 0.3 is 12.3 Å². The van der Waals surface area contributed by atoms with E-state index < -0.39 is 17.5 Å². The zero-order valence-corrected chi connectivity index (χ0v) is 28.2. The largest absolute Gasteiger partial charge is 0.487 e. The predicted molar refractivity (Wildman–Crippen MR) is 176 cm³/mol. The van der Waals surface area contributed by atoms with E-state index in [0.717, 1.165) is 5.56 Å². The van der Waals surface area contributed by atoms with Crippen LogP contribution in [-0.4, -0.2) is 79.5 Å². The number of carbonyl (C=O) groups is 2. The van der Waals surface area contributed by atoms with E-state index in [4.69, 9.17) is 14.5 Å². The van der Waals surface area contributed by atoms with Gasteiger partial charge in [-0.15, -0.1) is 0 Å². The van der Waals surface area contributed by atoms with Gasteiger partial charge in [0.25, 0.3) is 0 Å². The maximum absolute atomic E-state index is 14.2. The fraction of sp³-hybridized carbons (Fsp3) is 0.400. The highest BCUT2D eigenvalue weighted by Crippen LogP contribution is 2.44. The van der Waals surface area contributed by atoms with Crippen molar-refractivity contribution in [2.24, 2.45) is 0 Å². The normalized spacial score (nSPS) is 16.0. The zero-order chi connectivity index (χ0) is 35.2. The minimum atomic E-state index is -4.72. The van der Waals surface area contributed by atoms with E-state index in [-0.39, 0.29) is 60.1 Å². The van der Waals surface area contributed by atoms with Crippen molar-refractivity contribution < 1.29 is 32.2 Å². The van der Waals surface area contributed by atoms with Crippen molar-refractivity contribution in [3.63, 3.8) is 0 Å². The molecule has 0 bridgehead atoms. The van der Waals surface area contributed by atoms with Crippen molar-refractivity contribution in [1.29, 1.82) is 0 Å². The van der Waals surface area contributed by atoms with Crippen LogP contribution in [0.2, 0.25) is 0 Å². The van der Waals surface area contributed by atoms with Gasteiger partial charge in [0.1, 0.15) is 23.8 Å². The molecule has 1 amide bonds. The number of alkyl halides is 3. The van der Waals surface area contributed by atoms with Crippen LogP contribution >= 0.6 is 0 Å². The molecule has 0 aliphatic carbocycles. The summed E-state index contributed by atoms with van der Waals surface area (Å²) in [6, 6.07) is 7.00. The lowest BCUT2D eigenvalue weighted by Crippen LogP contribution is -2.60. The number of carbonyl (C=O) groups excluding carboxylic acids is 2. The molecule has 1 fully saturated rings. The lowest BCUT2D eigenvalue weighted by atomic mass is 9.91. The number of imidazole rings is 1. The van der Waals surface area contributed by atoms with Crippen molar-refractivity contribution in [2.45, 2.75) is 65.5 Å². The van der Waals surface area contributed by atoms with Crippen LogP contribution in [0.3, 0.4) is 0 Å². The highest BCUT2D eigenvalue weighted by atomic mass is 19.4. The third-order valence-electron chi connectivity index (χ3n) is 8.34. The topological polar surface area (TPSA) is 108 Å². The summed E-state index contributed by atoms with van der Waals surface area (Å²) in [4.78, 5) is 39.1. The smallest absolute Gasteiger partial charge is 0.435 e. The summed E-state index contributed by atoms with van der Waals surface area (Å²) >= 11 is 0. The average Bonchev–Trinajstić information content (AvgIpc) is 3.67. The number of aromatic nitrogens is 5. The first-order valence-electron chi connectivity index (χ1n) is 15.9. The molecule has 258 valence electrons. The Labute approximate surface area is 282 Å². The van der Waals surface area contributed by atoms with Crippen LogP contribution in [0.5, 0.6) is 5.75 Å². The summed E-state index contributed by atoms with van der Waals surface area (Å²) in [6.07, 6.45) is 2.81. The van der Waals surface area contributed by atoms with Gasteiger partial charge in [0.2, 0.25) is 0 Å². The first kappa shape index (κ1) is 33.7. The summed E-state index contributed by atoms with van der Waals surface area (Å²) in [5.41, 5.74) is 0.872. The number of anilines is 1. The number of pyridine rings is 1. The number of aryl methyl sites for hydroxylation is 2. The Morgan fingerprint density at radius 3 is 2.51 bits per heavy atom. The maximum atomic E-state index is 14.2. The molecule has 0 N–H and O–H groups in total. The first-order chi connectivity index (χ1) is 23.1. The highest BCUT2D eigenvalue weighted by Gasteiger charge is 2.40. The molecule has 0 radical (unpaired) electrons. The van der Waals surface area contributed by atoms with Gasteiger partial charge in [-0.2, -0.15) is 18.3 Å². The molecule has 1 saturated heterocycles. The van der Waals surface area contributed by atoms with Crippen molar-refractivity contribution >= 4 is 23.8 Å². The number of rotatable bonds is 7. The van der Waals surface area contributed by atoms with Crippen LogP contribution in [0.4, 0.5) is 23.8 Å². The summed E-state index contributed by atoms with van der Waals surface area (Å²) in [5, 5.41) is 3.79. The van der Waals surface area contributed by atoms with Gasteiger partial charge in [0.05, 0.1) is 23.6 Å². The highest BCUT2D eigenvalue weighted by molar-refractivity contribution is 6.15. The van der Waals surface area contributed by atoms with Crippen molar-refractivity contribution in [3.05, 3.63) is 82.8 Å². The minimum absolute atomic E-state index is 0.0446. The van der Waals surface area contributed by atoms with Crippen molar-refractivity contribution in [2.75, 3.05) is 31.6 Å². The van der Waals surface area contributed by atoms with E-state index in [9.17, 15) is 22.8 Å². The van der Waals surface area contributed by atoms with Crippen LogP contribution < -0.4 is 9.64 Å². The number of hydrogen-bond donors (Lipinski definition) is 0. The molecule has 0 saturated carbocycles. The first-order valence-corrected chi connectivity index (χ1v) is 15.9. The van der Waals surface area contributed by atoms with Crippen LogP contribution in [0.15, 0.2) is 54.8 Å². The van der Waals surface area contributed by atoms with Gasteiger partial charge in [-0.25, -0.2) is 14.8 Å². The molecular formula is C35H38F3N7O4. The molecule has 2 aliphatic rings. The Morgan fingerprint density at radius 1 is 1.12 bits per heavy atom. The fourth-order valence-electron chi connectivity index (χ4n) is 5.84. The number of Topliss-reactive ketones (excluding diaryl/α,β-unsaturated/α-hetero) is 1. The number of hydrogen-bond acceptors (Lipinski definition) is 8. The zero-order valence-electron chi connectivity index (χ0n) is 28.2. The molecule has 5 heterocycles. The second kappa shape index (κ2) is 12.7. The predicted octanol–water partition coefficient (Wildman–Crippen LogP) is 6.25. The van der Waals surface area contributed by atoms with Gasteiger partial charge in [0, 0.05) is 68.5 Å². The monoisotopic (exact) mass is 677 g/mol. The molecule has 11 nitrogen and oxygen atoms in total. The van der Waals surface area contributed by atoms with E-state index in [1.54, 1.807) is 60.4 Å². The molecule has 0 atom stereocenters. The summed E-state index contributed by atoms with van der Waals surface area (Å²) in [6.45, 7) is 10.6. The van der Waals surface area contributed by atoms with Crippen LogP contribution in [0.25, 0.3) is 17.2 Å². The molecule has 6 rings (SSSR count). The maximum Gasteiger partial charge on any atom is 0.435 e. The van der Waals surface area contributed by atoms with Gasteiger partial charge in [-0.3, -0.25) is 9.48 Å². The molecule has 2 aliphatic heterocycles. The van der Waals surface area contributed by atoms with E-state index in [2.05, 4.69) is 10.1 Å². The SMILES string of the molecule is CCn1cc(-c2cc(Cn3ccnc3)cc3c2OC/C(=C\c2cc(C)cc(N4CC(N(C)C(=O)OC(C)(C)C)C4)n2)C3=O)c(C(F)(F)F)n1. The van der Waals surface area contributed by atoms with E-state index >= 15 is 0 Å². The number of nitrogens with zero attached hydrogens (tertiary/aromatic N) is 7. The van der Waals surface area contributed by atoms with Gasteiger partial charge < -0.3 is 23.8 Å². The number of amides is 1. The standard InChI is InChI=1S/C35H38F3N7O4/c1-7-45-18-28(32(41-45)35(36,37)38)26-12-22(15-43-9-8-39-20-43)13-27-30(46)23(19-48-31(26)27)14-24-10-21(2)11-29(40-24)44-16-25(17-44)42(6)33(47)49-34(3,4)5/h8-14,18,20,25H,7,15-17,19H2,1-6H3/b23-14+. The molecule has 3 aromatic heterocycles. The second-order valence-electron chi connectivity index (χ2n) is 13.4. The van der Waals surface area contributed by atoms with Gasteiger partial charge in [-0.1, -0.05) is 0 Å². The minimum Gasteiger partial charge on any atom is -0.487 e. The van der Waals surface area contributed by atoms with Crippen LogP contribution in [0, 0.1) is 6.92 Å². The van der Waals surface area contributed by atoms with Crippen molar-refractivity contribution in [3.8, 4) is 16.9 Å². The lowest BCUT2D eigenvalue weighted by molar-refractivity contribution is -0.141. The average molecular weight is 678 g/mol. The van der Waals surface area contributed by atoms with Crippen LogP contribution in [-0.2, 0) is 24.0 Å². The quantitative estimate of drug-likeness (QED) is 0.211. The number of ketones is 1. The molecule has 1 aromatic carbocycles. The summed E-state index contributed by atoms with van der Waals surface area (Å²) in [7, 11) is 1.72. The Balaban J connectivity index is 1.31. The number of halogens is 3. The third-order valence-corrected chi connectivity index (χ3v) is 8.34. The number of ether oxygens (including phenoxy) is 2. The number of fused-ring (bicyclic) bond motifs is 1. The molecule has 49 heavy (non-hydrogen) atoms. The molecule has 0 unspecified atom stereocenters. The number of likely N-dealkylation sites (N-methyl/N-ethyl adjacent to an activating group) is 1. The van der Waals surface area contributed by atoms with Crippen LogP contribution in [0.1, 0.15) is 60.6 Å².